The van der Waals surface area contributed by atoms with Gasteiger partial charge in [-0.2, -0.15) is 11.8 Å². The highest BCUT2D eigenvalue weighted by Crippen LogP contribution is 2.18. The molecule has 0 saturated heterocycles. The van der Waals surface area contributed by atoms with Crippen molar-refractivity contribution in [3.63, 3.8) is 0 Å². The Morgan fingerprint density at radius 2 is 2.11 bits per heavy atom. The van der Waals surface area contributed by atoms with Gasteiger partial charge >= 0.3 is 0 Å². The summed E-state index contributed by atoms with van der Waals surface area (Å²) in [4.78, 5) is -0.104. The van der Waals surface area contributed by atoms with Crippen molar-refractivity contribution < 1.29 is 17.9 Å². The van der Waals surface area contributed by atoms with E-state index in [9.17, 15) is 17.9 Å². The number of thioether (sulfide) groups is 1. The standard InChI is InChI=1S/C12H18FNO3S2/c1-9-10(13)5-4-6-11(9)19(16,17)14-7-12(2,15)8-18-3/h4-6,14-15H,7-8H2,1-3H3/t12-/m0/s1. The molecular weight excluding hydrogens is 289 g/mol. The molecule has 0 fully saturated rings. The molecule has 0 amide bonds. The maximum atomic E-state index is 13.4. The number of benzene rings is 1. The maximum absolute atomic E-state index is 13.4. The van der Waals surface area contributed by atoms with Gasteiger partial charge in [-0.3, -0.25) is 0 Å². The second-order valence-corrected chi connectivity index (χ2v) is 7.22. The van der Waals surface area contributed by atoms with Crippen LogP contribution in [0.25, 0.3) is 0 Å². The van der Waals surface area contributed by atoms with E-state index in [2.05, 4.69) is 4.72 Å². The van der Waals surface area contributed by atoms with Crippen molar-refractivity contribution in [3.05, 3.63) is 29.6 Å². The van der Waals surface area contributed by atoms with Gasteiger partial charge in [-0.1, -0.05) is 6.07 Å². The van der Waals surface area contributed by atoms with Crippen molar-refractivity contribution in [3.8, 4) is 0 Å². The molecule has 7 heteroatoms. The van der Waals surface area contributed by atoms with Crippen LogP contribution in [0.2, 0.25) is 0 Å². The third kappa shape index (κ3) is 4.45. The monoisotopic (exact) mass is 307 g/mol. The van der Waals surface area contributed by atoms with Gasteiger partial charge in [0.15, 0.2) is 0 Å². The van der Waals surface area contributed by atoms with Crippen molar-refractivity contribution >= 4 is 21.8 Å². The first-order chi connectivity index (χ1) is 8.69. The fourth-order valence-electron chi connectivity index (χ4n) is 1.57. The van der Waals surface area contributed by atoms with E-state index >= 15 is 0 Å². The SMILES string of the molecule is CSC[C@@](C)(O)CNS(=O)(=O)c1cccc(F)c1C. The van der Waals surface area contributed by atoms with Crippen molar-refractivity contribution in [2.45, 2.75) is 24.3 Å². The summed E-state index contributed by atoms with van der Waals surface area (Å²) >= 11 is 1.42. The summed E-state index contributed by atoms with van der Waals surface area (Å²) in [5.41, 5.74) is -1.08. The number of rotatable bonds is 6. The second kappa shape index (κ2) is 6.21. The Morgan fingerprint density at radius 3 is 2.68 bits per heavy atom. The molecule has 4 nitrogen and oxygen atoms in total. The zero-order valence-corrected chi connectivity index (χ0v) is 12.7. The van der Waals surface area contributed by atoms with Crippen LogP contribution >= 0.6 is 11.8 Å². The summed E-state index contributed by atoms with van der Waals surface area (Å²) in [6.45, 7) is 2.83. The molecule has 0 aliphatic heterocycles. The van der Waals surface area contributed by atoms with Gasteiger partial charge in [-0.05, 0) is 32.2 Å². The quantitative estimate of drug-likeness (QED) is 0.836. The Balaban J connectivity index is 2.91. The molecule has 0 spiro atoms. The molecule has 1 aromatic rings. The zero-order chi connectivity index (χ0) is 14.7. The third-order valence-corrected chi connectivity index (χ3v) is 5.06. The number of nitrogens with one attached hydrogen (secondary N) is 1. The molecule has 1 rings (SSSR count). The molecule has 1 aromatic carbocycles. The lowest BCUT2D eigenvalue weighted by Crippen LogP contribution is -2.42. The van der Waals surface area contributed by atoms with E-state index in [0.717, 1.165) is 0 Å². The smallest absolute Gasteiger partial charge is 0.241 e. The van der Waals surface area contributed by atoms with Crippen molar-refractivity contribution in [2.75, 3.05) is 18.6 Å². The first-order valence-electron chi connectivity index (χ1n) is 5.66. The fourth-order valence-corrected chi connectivity index (χ4v) is 3.71. The number of halogens is 1. The van der Waals surface area contributed by atoms with E-state index in [1.807, 2.05) is 6.26 Å². The van der Waals surface area contributed by atoms with E-state index in [1.165, 1.54) is 36.9 Å². The topological polar surface area (TPSA) is 66.4 Å². The molecule has 19 heavy (non-hydrogen) atoms. The molecule has 0 aliphatic rings. The van der Waals surface area contributed by atoms with E-state index in [4.69, 9.17) is 0 Å². The lowest BCUT2D eigenvalue weighted by atomic mass is 10.1. The van der Waals surface area contributed by atoms with Crippen LogP contribution in [0, 0.1) is 12.7 Å². The van der Waals surface area contributed by atoms with Crippen LogP contribution in [-0.4, -0.2) is 37.7 Å². The van der Waals surface area contributed by atoms with Gasteiger partial charge in [0, 0.05) is 17.9 Å². The average molecular weight is 307 g/mol. The van der Waals surface area contributed by atoms with Crippen molar-refractivity contribution in [1.29, 1.82) is 0 Å². The van der Waals surface area contributed by atoms with Crippen LogP contribution in [0.15, 0.2) is 23.1 Å². The van der Waals surface area contributed by atoms with Crippen LogP contribution in [0.1, 0.15) is 12.5 Å². The highest BCUT2D eigenvalue weighted by atomic mass is 32.2. The summed E-state index contributed by atoms with van der Waals surface area (Å²) in [6.07, 6.45) is 1.82. The molecule has 108 valence electrons. The number of hydrogen-bond donors (Lipinski definition) is 2. The minimum absolute atomic E-state index is 0.0690. The first kappa shape index (κ1) is 16.4. The molecule has 0 unspecified atom stereocenters. The average Bonchev–Trinajstić information content (AvgIpc) is 2.30. The van der Waals surface area contributed by atoms with E-state index in [0.29, 0.717) is 5.75 Å². The maximum Gasteiger partial charge on any atom is 0.241 e. The van der Waals surface area contributed by atoms with E-state index < -0.39 is 21.4 Å². The minimum Gasteiger partial charge on any atom is -0.388 e. The lowest BCUT2D eigenvalue weighted by Gasteiger charge is -2.22. The van der Waals surface area contributed by atoms with Crippen LogP contribution in [0.5, 0.6) is 0 Å². The molecule has 0 saturated carbocycles. The number of aliphatic hydroxyl groups is 1. The van der Waals surface area contributed by atoms with Crippen LogP contribution in [0.3, 0.4) is 0 Å². The van der Waals surface area contributed by atoms with Gasteiger partial charge in [-0.15, -0.1) is 0 Å². The second-order valence-electron chi connectivity index (χ2n) is 4.62. The van der Waals surface area contributed by atoms with Crippen molar-refractivity contribution in [2.24, 2.45) is 0 Å². The molecule has 0 radical (unpaired) electrons. The predicted molar refractivity (Wildman–Crippen MR) is 75.3 cm³/mol. The summed E-state index contributed by atoms with van der Waals surface area (Å²) in [6, 6.07) is 3.89. The Hall–Kier alpha value is -0.630. The molecule has 2 N–H and O–H groups in total. The van der Waals surface area contributed by atoms with Crippen LogP contribution in [-0.2, 0) is 10.0 Å². The Morgan fingerprint density at radius 1 is 1.47 bits per heavy atom. The van der Waals surface area contributed by atoms with Gasteiger partial charge in [0.1, 0.15) is 5.82 Å². The predicted octanol–water partition coefficient (Wildman–Crippen LogP) is 1.53. The van der Waals surface area contributed by atoms with Gasteiger partial charge in [0.2, 0.25) is 10.0 Å². The highest BCUT2D eigenvalue weighted by molar-refractivity contribution is 7.98. The molecule has 0 bridgehead atoms. The summed E-state index contributed by atoms with van der Waals surface area (Å²) in [7, 11) is -3.82. The van der Waals surface area contributed by atoms with Gasteiger partial charge < -0.3 is 5.11 Å². The van der Waals surface area contributed by atoms with Gasteiger partial charge in [0.05, 0.1) is 10.5 Å². The molecule has 1 atom stereocenters. The van der Waals surface area contributed by atoms with Gasteiger partial charge in [0.25, 0.3) is 0 Å². The highest BCUT2D eigenvalue weighted by Gasteiger charge is 2.25. The third-order valence-electron chi connectivity index (χ3n) is 2.61. The Kier molecular flexibility index (Phi) is 5.37. The van der Waals surface area contributed by atoms with E-state index in [1.54, 1.807) is 6.92 Å². The number of sulfonamides is 1. The molecule has 0 aromatic heterocycles. The van der Waals surface area contributed by atoms with Crippen LogP contribution in [0.4, 0.5) is 4.39 Å². The molecule has 0 aliphatic carbocycles. The zero-order valence-electron chi connectivity index (χ0n) is 11.1. The fraction of sp³-hybridized carbons (Fsp3) is 0.500. The lowest BCUT2D eigenvalue weighted by molar-refractivity contribution is 0.0908. The van der Waals surface area contributed by atoms with Gasteiger partial charge in [-0.25, -0.2) is 17.5 Å². The first-order valence-corrected chi connectivity index (χ1v) is 8.53. The largest absolute Gasteiger partial charge is 0.388 e. The summed E-state index contributed by atoms with van der Waals surface area (Å²) in [5, 5.41) is 9.93. The number of hydrogen-bond acceptors (Lipinski definition) is 4. The Bertz CT molecular complexity index is 544. The summed E-state index contributed by atoms with van der Waals surface area (Å²) < 4.78 is 39.8. The van der Waals surface area contributed by atoms with Crippen molar-refractivity contribution in [1.82, 2.24) is 4.72 Å². The normalized spacial score (nSPS) is 15.2. The Labute approximate surface area is 117 Å². The minimum atomic E-state index is -3.82. The van der Waals surface area contributed by atoms with E-state index in [-0.39, 0.29) is 17.0 Å². The molecule has 0 heterocycles. The molecular formula is C12H18FNO3S2. The summed E-state index contributed by atoms with van der Waals surface area (Å²) in [5.74, 6) is -0.170. The van der Waals surface area contributed by atoms with Crippen LogP contribution < -0.4 is 4.72 Å².